The number of aryl methyl sites for hydroxylation is 1. The number of carbonyl (C=O) groups is 1. The molecular formula is C15H21FN2O. The summed E-state index contributed by atoms with van der Waals surface area (Å²) in [6.45, 7) is 2.66. The number of benzene rings is 1. The smallest absolute Gasteiger partial charge is 0.220 e. The van der Waals surface area contributed by atoms with E-state index in [9.17, 15) is 9.18 Å². The second-order valence-corrected chi connectivity index (χ2v) is 5.59. The van der Waals surface area contributed by atoms with E-state index in [2.05, 4.69) is 5.32 Å². The first kappa shape index (κ1) is 14.0. The molecule has 1 fully saturated rings. The van der Waals surface area contributed by atoms with Crippen LogP contribution >= 0.6 is 0 Å². The largest absolute Gasteiger partial charge is 0.352 e. The summed E-state index contributed by atoms with van der Waals surface area (Å²) in [4.78, 5) is 11.9. The average Bonchev–Trinajstić information content (AvgIpc) is 2.35. The van der Waals surface area contributed by atoms with Crippen LogP contribution in [0.1, 0.15) is 36.8 Å². The maximum Gasteiger partial charge on any atom is 0.220 e. The molecule has 0 radical (unpaired) electrons. The molecule has 1 aromatic rings. The zero-order valence-corrected chi connectivity index (χ0v) is 11.3. The van der Waals surface area contributed by atoms with E-state index < -0.39 is 0 Å². The Morgan fingerprint density at radius 3 is 2.74 bits per heavy atom. The molecule has 1 aromatic carbocycles. The van der Waals surface area contributed by atoms with Crippen LogP contribution in [-0.4, -0.2) is 12.5 Å². The predicted octanol–water partition coefficient (Wildman–Crippen LogP) is 2.27. The molecular weight excluding hydrogens is 243 g/mol. The van der Waals surface area contributed by atoms with Gasteiger partial charge in [-0.25, -0.2) is 4.39 Å². The number of carbonyl (C=O) groups excluding carboxylic acids is 1. The lowest BCUT2D eigenvalue weighted by Crippen LogP contribution is -2.41. The molecule has 0 aliphatic heterocycles. The van der Waals surface area contributed by atoms with Gasteiger partial charge in [0.1, 0.15) is 5.82 Å². The van der Waals surface area contributed by atoms with Gasteiger partial charge in [0.05, 0.1) is 0 Å². The molecule has 1 saturated carbocycles. The molecule has 19 heavy (non-hydrogen) atoms. The minimum Gasteiger partial charge on any atom is -0.352 e. The Bertz CT molecular complexity index is 464. The molecule has 0 unspecified atom stereocenters. The molecule has 1 amide bonds. The fraction of sp³-hybridized carbons (Fsp3) is 0.533. The lowest BCUT2D eigenvalue weighted by molar-refractivity contribution is -0.124. The number of amides is 1. The van der Waals surface area contributed by atoms with Gasteiger partial charge in [-0.15, -0.1) is 0 Å². The molecule has 1 aliphatic carbocycles. The SMILES string of the molecule is Cc1ccc(CNC(=O)CC2(CN)CCC2)cc1F. The summed E-state index contributed by atoms with van der Waals surface area (Å²) in [6.07, 6.45) is 3.72. The minimum absolute atomic E-state index is 0.00568. The Morgan fingerprint density at radius 1 is 1.47 bits per heavy atom. The summed E-state index contributed by atoms with van der Waals surface area (Å²) in [5.74, 6) is -0.227. The van der Waals surface area contributed by atoms with Crippen molar-refractivity contribution in [3.8, 4) is 0 Å². The van der Waals surface area contributed by atoms with E-state index in [0.29, 0.717) is 25.1 Å². The van der Waals surface area contributed by atoms with Crippen molar-refractivity contribution in [1.82, 2.24) is 5.32 Å². The van der Waals surface area contributed by atoms with Crippen molar-refractivity contribution in [2.45, 2.75) is 39.2 Å². The highest BCUT2D eigenvalue weighted by molar-refractivity contribution is 5.76. The highest BCUT2D eigenvalue weighted by atomic mass is 19.1. The number of hydrogen-bond donors (Lipinski definition) is 2. The fourth-order valence-electron chi connectivity index (χ4n) is 2.48. The van der Waals surface area contributed by atoms with E-state index in [0.717, 1.165) is 24.8 Å². The average molecular weight is 264 g/mol. The van der Waals surface area contributed by atoms with Crippen LogP contribution in [0.2, 0.25) is 0 Å². The van der Waals surface area contributed by atoms with Crippen molar-refractivity contribution in [3.05, 3.63) is 35.1 Å². The van der Waals surface area contributed by atoms with E-state index in [1.54, 1.807) is 13.0 Å². The maximum atomic E-state index is 13.4. The predicted molar refractivity (Wildman–Crippen MR) is 72.9 cm³/mol. The second-order valence-electron chi connectivity index (χ2n) is 5.59. The highest BCUT2D eigenvalue weighted by Gasteiger charge is 2.37. The summed E-state index contributed by atoms with van der Waals surface area (Å²) < 4.78 is 13.4. The van der Waals surface area contributed by atoms with Crippen LogP contribution in [0.25, 0.3) is 0 Å². The van der Waals surface area contributed by atoms with Gasteiger partial charge in [-0.1, -0.05) is 18.6 Å². The molecule has 4 heteroatoms. The number of nitrogens with one attached hydrogen (secondary N) is 1. The summed E-state index contributed by atoms with van der Waals surface area (Å²) in [7, 11) is 0. The highest BCUT2D eigenvalue weighted by Crippen LogP contribution is 2.42. The van der Waals surface area contributed by atoms with Gasteiger partial charge < -0.3 is 11.1 Å². The first-order valence-corrected chi connectivity index (χ1v) is 6.76. The topological polar surface area (TPSA) is 55.1 Å². The summed E-state index contributed by atoms with van der Waals surface area (Å²) in [5.41, 5.74) is 7.15. The first-order valence-electron chi connectivity index (χ1n) is 6.76. The molecule has 0 saturated heterocycles. The van der Waals surface area contributed by atoms with Gasteiger partial charge in [-0.3, -0.25) is 4.79 Å². The van der Waals surface area contributed by atoms with E-state index in [1.807, 2.05) is 6.07 Å². The standard InChI is InChI=1S/C15H21FN2O/c1-11-3-4-12(7-13(11)16)9-18-14(19)8-15(10-17)5-2-6-15/h3-4,7H,2,5-6,8-10,17H2,1H3,(H,18,19). The lowest BCUT2D eigenvalue weighted by atomic mass is 9.66. The van der Waals surface area contributed by atoms with E-state index >= 15 is 0 Å². The van der Waals surface area contributed by atoms with Crippen LogP contribution in [0.3, 0.4) is 0 Å². The molecule has 0 spiro atoms. The van der Waals surface area contributed by atoms with Crippen molar-refractivity contribution >= 4 is 5.91 Å². The number of hydrogen-bond acceptors (Lipinski definition) is 2. The van der Waals surface area contributed by atoms with Gasteiger partial charge in [0.15, 0.2) is 0 Å². The van der Waals surface area contributed by atoms with Gasteiger partial charge in [0, 0.05) is 13.0 Å². The third-order valence-corrected chi connectivity index (χ3v) is 4.11. The zero-order valence-electron chi connectivity index (χ0n) is 11.3. The van der Waals surface area contributed by atoms with Crippen molar-refractivity contribution in [1.29, 1.82) is 0 Å². The molecule has 0 atom stereocenters. The van der Waals surface area contributed by atoms with Crippen LogP contribution in [0.15, 0.2) is 18.2 Å². The third kappa shape index (κ3) is 3.32. The minimum atomic E-state index is -0.232. The Hall–Kier alpha value is -1.42. The molecule has 0 aromatic heterocycles. The molecule has 1 aliphatic rings. The third-order valence-electron chi connectivity index (χ3n) is 4.11. The maximum absolute atomic E-state index is 13.4. The molecule has 0 bridgehead atoms. The van der Waals surface area contributed by atoms with Crippen LogP contribution in [0, 0.1) is 18.2 Å². The van der Waals surface area contributed by atoms with Crippen molar-refractivity contribution in [2.75, 3.05) is 6.54 Å². The van der Waals surface area contributed by atoms with Gasteiger partial charge >= 0.3 is 0 Å². The van der Waals surface area contributed by atoms with Crippen LogP contribution in [0.4, 0.5) is 4.39 Å². The second kappa shape index (κ2) is 5.70. The monoisotopic (exact) mass is 264 g/mol. The number of rotatable bonds is 5. The Morgan fingerprint density at radius 2 is 2.21 bits per heavy atom. The van der Waals surface area contributed by atoms with Crippen LogP contribution in [-0.2, 0) is 11.3 Å². The summed E-state index contributed by atoms with van der Waals surface area (Å²) in [6, 6.07) is 5.03. The molecule has 0 heterocycles. The van der Waals surface area contributed by atoms with E-state index in [1.165, 1.54) is 6.07 Å². The molecule has 3 nitrogen and oxygen atoms in total. The summed E-state index contributed by atoms with van der Waals surface area (Å²) in [5, 5.41) is 2.84. The van der Waals surface area contributed by atoms with E-state index in [-0.39, 0.29) is 17.1 Å². The van der Waals surface area contributed by atoms with Gasteiger partial charge in [0.2, 0.25) is 5.91 Å². The van der Waals surface area contributed by atoms with E-state index in [4.69, 9.17) is 5.73 Å². The van der Waals surface area contributed by atoms with Crippen molar-refractivity contribution in [2.24, 2.45) is 11.1 Å². The fourth-order valence-corrected chi connectivity index (χ4v) is 2.48. The van der Waals surface area contributed by atoms with Crippen molar-refractivity contribution in [3.63, 3.8) is 0 Å². The quantitative estimate of drug-likeness (QED) is 0.857. The Balaban J connectivity index is 1.84. The summed E-state index contributed by atoms with van der Waals surface area (Å²) >= 11 is 0. The lowest BCUT2D eigenvalue weighted by Gasteiger charge is -2.40. The van der Waals surface area contributed by atoms with Gasteiger partial charge in [-0.2, -0.15) is 0 Å². The number of halogens is 1. The molecule has 104 valence electrons. The van der Waals surface area contributed by atoms with Gasteiger partial charge in [-0.05, 0) is 48.9 Å². The molecule has 3 N–H and O–H groups in total. The normalized spacial score (nSPS) is 16.8. The first-order chi connectivity index (χ1) is 9.04. The van der Waals surface area contributed by atoms with Crippen molar-refractivity contribution < 1.29 is 9.18 Å². The zero-order chi connectivity index (χ0) is 13.9. The molecule has 2 rings (SSSR count). The number of nitrogens with two attached hydrogens (primary N) is 1. The van der Waals surface area contributed by atoms with Crippen LogP contribution in [0.5, 0.6) is 0 Å². The van der Waals surface area contributed by atoms with Crippen LogP contribution < -0.4 is 11.1 Å². The Labute approximate surface area is 113 Å². The van der Waals surface area contributed by atoms with Gasteiger partial charge in [0.25, 0.3) is 0 Å². The Kier molecular flexibility index (Phi) is 4.20.